The van der Waals surface area contributed by atoms with Crippen LogP contribution in [0.15, 0.2) is 24.3 Å². The van der Waals surface area contributed by atoms with Crippen molar-refractivity contribution >= 4 is 10.0 Å². The van der Waals surface area contributed by atoms with Gasteiger partial charge in [0.05, 0.1) is 18.5 Å². The van der Waals surface area contributed by atoms with Crippen LogP contribution in [0.5, 0.6) is 0 Å². The van der Waals surface area contributed by atoms with Crippen LogP contribution in [0, 0.1) is 5.82 Å². The summed E-state index contributed by atoms with van der Waals surface area (Å²) in [6, 6.07) is 5.45. The molecule has 22 heavy (non-hydrogen) atoms. The van der Waals surface area contributed by atoms with Gasteiger partial charge in [-0.25, -0.2) is 17.5 Å². The number of rotatable bonds is 9. The number of hydrogen-bond acceptors (Lipinski definition) is 4. The highest BCUT2D eigenvalue weighted by Crippen LogP contribution is 2.12. The molecule has 1 aromatic carbocycles. The van der Waals surface area contributed by atoms with Gasteiger partial charge in [0.2, 0.25) is 10.0 Å². The predicted octanol–water partition coefficient (Wildman–Crippen LogP) is 1.83. The van der Waals surface area contributed by atoms with Gasteiger partial charge in [0.1, 0.15) is 5.82 Å². The average molecular weight is 331 g/mol. The SMILES string of the molecule is O=S(=O)(Cc1ccc(F)cc1)NCCCOCC1CCCO1. The average Bonchev–Trinajstić information content (AvgIpc) is 2.98. The first-order chi connectivity index (χ1) is 10.6. The molecule has 7 heteroatoms. The summed E-state index contributed by atoms with van der Waals surface area (Å²) < 4.78 is 49.9. The summed E-state index contributed by atoms with van der Waals surface area (Å²) in [5.41, 5.74) is 0.559. The molecule has 1 fully saturated rings. The van der Waals surface area contributed by atoms with Crippen LogP contribution in [0.3, 0.4) is 0 Å². The summed E-state index contributed by atoms with van der Waals surface area (Å²) in [6.07, 6.45) is 2.91. The molecule has 1 aliphatic rings. The van der Waals surface area contributed by atoms with Crippen molar-refractivity contribution in [3.63, 3.8) is 0 Å². The Kier molecular flexibility index (Phi) is 6.75. The largest absolute Gasteiger partial charge is 0.379 e. The summed E-state index contributed by atoms with van der Waals surface area (Å²) in [7, 11) is -3.40. The number of nitrogens with one attached hydrogen (secondary N) is 1. The number of hydrogen-bond donors (Lipinski definition) is 1. The summed E-state index contributed by atoms with van der Waals surface area (Å²) in [5.74, 6) is -0.526. The molecule has 1 aromatic rings. The van der Waals surface area contributed by atoms with Crippen molar-refractivity contribution in [1.29, 1.82) is 0 Å². The third-order valence-corrected chi connectivity index (χ3v) is 4.74. The minimum atomic E-state index is -3.40. The molecule has 0 amide bonds. The monoisotopic (exact) mass is 331 g/mol. The Labute approximate surface area is 130 Å². The molecule has 1 heterocycles. The molecule has 0 spiro atoms. The van der Waals surface area contributed by atoms with Gasteiger partial charge in [0.25, 0.3) is 0 Å². The Hall–Kier alpha value is -1.02. The molecule has 0 radical (unpaired) electrons. The Morgan fingerprint density at radius 2 is 2.09 bits per heavy atom. The number of sulfonamides is 1. The molecule has 1 saturated heterocycles. The highest BCUT2D eigenvalue weighted by molar-refractivity contribution is 7.88. The van der Waals surface area contributed by atoms with Crippen molar-refractivity contribution in [2.75, 3.05) is 26.4 Å². The van der Waals surface area contributed by atoms with Crippen LogP contribution in [0.1, 0.15) is 24.8 Å². The third-order valence-electron chi connectivity index (χ3n) is 3.39. The van der Waals surface area contributed by atoms with Gasteiger partial charge in [-0.05, 0) is 37.0 Å². The smallest absolute Gasteiger partial charge is 0.215 e. The molecule has 124 valence electrons. The van der Waals surface area contributed by atoms with Crippen molar-refractivity contribution in [2.24, 2.45) is 0 Å². The molecule has 0 aliphatic carbocycles. The Bertz CT molecular complexity index is 541. The normalized spacial score (nSPS) is 18.7. The number of halogens is 1. The highest BCUT2D eigenvalue weighted by atomic mass is 32.2. The number of benzene rings is 1. The minimum absolute atomic E-state index is 0.149. The first-order valence-corrected chi connectivity index (χ1v) is 9.11. The van der Waals surface area contributed by atoms with E-state index >= 15 is 0 Å². The summed E-state index contributed by atoms with van der Waals surface area (Å²) in [4.78, 5) is 0. The van der Waals surface area contributed by atoms with Crippen LogP contribution in [0.4, 0.5) is 4.39 Å². The first kappa shape index (κ1) is 17.3. The lowest BCUT2D eigenvalue weighted by molar-refractivity contribution is 0.0169. The zero-order chi connectivity index (χ0) is 15.8. The second-order valence-corrected chi connectivity index (χ2v) is 7.15. The van der Waals surface area contributed by atoms with Gasteiger partial charge in [-0.3, -0.25) is 0 Å². The standard InChI is InChI=1S/C15H22FNO4S/c16-14-6-4-13(5-7-14)12-22(18,19)17-8-2-9-20-11-15-3-1-10-21-15/h4-7,15,17H,1-3,8-12H2. The number of ether oxygens (including phenoxy) is 2. The quantitative estimate of drug-likeness (QED) is 0.701. The van der Waals surface area contributed by atoms with Crippen LogP contribution < -0.4 is 4.72 Å². The van der Waals surface area contributed by atoms with E-state index in [4.69, 9.17) is 9.47 Å². The molecule has 2 rings (SSSR count). The summed E-state index contributed by atoms with van der Waals surface area (Å²) in [5, 5.41) is 0. The van der Waals surface area contributed by atoms with Crippen LogP contribution in [0.25, 0.3) is 0 Å². The van der Waals surface area contributed by atoms with E-state index in [9.17, 15) is 12.8 Å². The van der Waals surface area contributed by atoms with Gasteiger partial charge < -0.3 is 9.47 Å². The van der Waals surface area contributed by atoms with Gasteiger partial charge in [-0.15, -0.1) is 0 Å². The van der Waals surface area contributed by atoms with E-state index < -0.39 is 10.0 Å². The van der Waals surface area contributed by atoms with E-state index in [1.54, 1.807) is 0 Å². The Balaban J connectivity index is 1.59. The molecule has 1 atom stereocenters. The van der Waals surface area contributed by atoms with Gasteiger partial charge in [-0.1, -0.05) is 12.1 Å². The Morgan fingerprint density at radius 1 is 1.32 bits per heavy atom. The fourth-order valence-electron chi connectivity index (χ4n) is 2.24. The van der Waals surface area contributed by atoms with E-state index in [1.165, 1.54) is 24.3 Å². The van der Waals surface area contributed by atoms with Gasteiger partial charge in [0, 0.05) is 19.8 Å². The minimum Gasteiger partial charge on any atom is -0.379 e. The second-order valence-electron chi connectivity index (χ2n) is 5.34. The van der Waals surface area contributed by atoms with Crippen LogP contribution >= 0.6 is 0 Å². The lowest BCUT2D eigenvalue weighted by Gasteiger charge is -2.10. The lowest BCUT2D eigenvalue weighted by atomic mass is 10.2. The lowest BCUT2D eigenvalue weighted by Crippen LogP contribution is -2.27. The van der Waals surface area contributed by atoms with E-state index in [0.29, 0.717) is 31.7 Å². The maximum atomic E-state index is 12.8. The fourth-order valence-corrected chi connectivity index (χ4v) is 3.43. The van der Waals surface area contributed by atoms with E-state index in [0.717, 1.165) is 19.4 Å². The third kappa shape index (κ3) is 6.39. The fraction of sp³-hybridized carbons (Fsp3) is 0.600. The van der Waals surface area contributed by atoms with Crippen molar-refractivity contribution in [1.82, 2.24) is 4.72 Å². The van der Waals surface area contributed by atoms with Gasteiger partial charge in [0.15, 0.2) is 0 Å². The molecule has 0 aromatic heterocycles. The maximum Gasteiger partial charge on any atom is 0.215 e. The molecule has 0 saturated carbocycles. The zero-order valence-electron chi connectivity index (χ0n) is 12.5. The molecule has 1 unspecified atom stereocenters. The van der Waals surface area contributed by atoms with Crippen LogP contribution in [-0.2, 0) is 25.2 Å². The van der Waals surface area contributed by atoms with Crippen LogP contribution in [-0.4, -0.2) is 40.9 Å². The van der Waals surface area contributed by atoms with Crippen molar-refractivity contribution in [3.8, 4) is 0 Å². The van der Waals surface area contributed by atoms with Gasteiger partial charge >= 0.3 is 0 Å². The van der Waals surface area contributed by atoms with E-state index in [-0.39, 0.29) is 17.7 Å². The van der Waals surface area contributed by atoms with Gasteiger partial charge in [-0.2, -0.15) is 0 Å². The second kappa shape index (κ2) is 8.57. The Morgan fingerprint density at radius 3 is 2.77 bits per heavy atom. The molecular formula is C15H22FNO4S. The molecular weight excluding hydrogens is 309 g/mol. The van der Waals surface area contributed by atoms with Crippen LogP contribution in [0.2, 0.25) is 0 Å². The topological polar surface area (TPSA) is 64.6 Å². The van der Waals surface area contributed by atoms with Crippen molar-refractivity contribution in [2.45, 2.75) is 31.1 Å². The summed E-state index contributed by atoms with van der Waals surface area (Å²) in [6.45, 7) is 2.20. The van der Waals surface area contributed by atoms with E-state index in [2.05, 4.69) is 4.72 Å². The van der Waals surface area contributed by atoms with E-state index in [1.807, 2.05) is 0 Å². The zero-order valence-corrected chi connectivity index (χ0v) is 13.3. The molecule has 1 aliphatic heterocycles. The molecule has 5 nitrogen and oxygen atoms in total. The van der Waals surface area contributed by atoms with Crippen molar-refractivity contribution in [3.05, 3.63) is 35.6 Å². The molecule has 0 bridgehead atoms. The predicted molar refractivity (Wildman–Crippen MR) is 81.4 cm³/mol. The van der Waals surface area contributed by atoms with Crippen molar-refractivity contribution < 1.29 is 22.3 Å². The highest BCUT2D eigenvalue weighted by Gasteiger charge is 2.15. The summed E-state index contributed by atoms with van der Waals surface area (Å²) >= 11 is 0. The maximum absolute atomic E-state index is 12.8. The molecule has 1 N–H and O–H groups in total. The first-order valence-electron chi connectivity index (χ1n) is 7.46.